The van der Waals surface area contributed by atoms with Crippen molar-refractivity contribution in [3.63, 3.8) is 0 Å². The quantitative estimate of drug-likeness (QED) is 0.373. The summed E-state index contributed by atoms with van der Waals surface area (Å²) in [6, 6.07) is 15.6. The van der Waals surface area contributed by atoms with Crippen LogP contribution in [0.3, 0.4) is 0 Å². The molecule has 0 unspecified atom stereocenters. The molecule has 8 nitrogen and oxygen atoms in total. The number of fused-ring (bicyclic) bond motifs is 3. The van der Waals surface area contributed by atoms with E-state index >= 15 is 0 Å². The summed E-state index contributed by atoms with van der Waals surface area (Å²) < 4.78 is 5.55. The van der Waals surface area contributed by atoms with Gasteiger partial charge >= 0.3 is 6.09 Å². The number of primary amides is 1. The number of alkyl carbamates (subject to hydrolysis) is 1. The van der Waals surface area contributed by atoms with Crippen LogP contribution in [0.1, 0.15) is 68.9 Å². The number of carbonyl (C=O) groups is 4. The number of benzene rings is 2. The van der Waals surface area contributed by atoms with Gasteiger partial charge in [0.1, 0.15) is 6.61 Å². The molecule has 38 heavy (non-hydrogen) atoms. The maximum atomic E-state index is 13.0. The van der Waals surface area contributed by atoms with Crippen LogP contribution in [-0.4, -0.2) is 42.9 Å². The largest absolute Gasteiger partial charge is 0.449 e. The third-order valence-electron chi connectivity index (χ3n) is 7.64. The van der Waals surface area contributed by atoms with Gasteiger partial charge in [-0.15, -0.1) is 0 Å². The second-order valence-electron chi connectivity index (χ2n) is 10.1. The van der Waals surface area contributed by atoms with Crippen molar-refractivity contribution >= 4 is 37.2 Å². The van der Waals surface area contributed by atoms with Crippen molar-refractivity contribution in [2.45, 2.75) is 63.8 Å². The van der Waals surface area contributed by atoms with Crippen molar-refractivity contribution in [1.29, 1.82) is 0 Å². The van der Waals surface area contributed by atoms with Gasteiger partial charge in [0.15, 0.2) is 5.78 Å². The molecular weight excluding hydrogens is 502 g/mol. The minimum Gasteiger partial charge on any atom is -0.449 e. The Balaban J connectivity index is 0.00000400. The predicted molar refractivity (Wildman–Crippen MR) is 150 cm³/mol. The van der Waals surface area contributed by atoms with Crippen molar-refractivity contribution in [3.8, 4) is 11.1 Å². The smallest absolute Gasteiger partial charge is 0.407 e. The SMILES string of the molecule is CC(=O)N[C@@H](CCCNC(=O)OCC1c2ccccc2-c2ccccc21)C(=O)CC1(C(N)=O)CCCC1.S. The molecule has 0 aromatic heterocycles. The van der Waals surface area contributed by atoms with E-state index in [-0.39, 0.29) is 44.1 Å². The van der Waals surface area contributed by atoms with Gasteiger partial charge in [-0.2, -0.15) is 13.5 Å². The summed E-state index contributed by atoms with van der Waals surface area (Å²) in [5.74, 6) is -0.982. The molecule has 0 heterocycles. The van der Waals surface area contributed by atoms with Crippen LogP contribution in [0.25, 0.3) is 11.1 Å². The van der Waals surface area contributed by atoms with Gasteiger partial charge < -0.3 is 21.1 Å². The van der Waals surface area contributed by atoms with Crippen LogP contribution in [0.2, 0.25) is 0 Å². The fourth-order valence-corrected chi connectivity index (χ4v) is 5.72. The summed E-state index contributed by atoms with van der Waals surface area (Å²) in [6.45, 7) is 1.87. The zero-order valence-corrected chi connectivity index (χ0v) is 22.8. The maximum Gasteiger partial charge on any atom is 0.407 e. The average Bonchev–Trinajstić information content (AvgIpc) is 3.48. The lowest BCUT2D eigenvalue weighted by molar-refractivity contribution is -0.134. The van der Waals surface area contributed by atoms with E-state index in [9.17, 15) is 19.2 Å². The first kappa shape index (κ1) is 29.2. The number of amides is 3. The molecule has 2 aromatic rings. The zero-order chi connectivity index (χ0) is 26.4. The van der Waals surface area contributed by atoms with E-state index in [0.29, 0.717) is 32.2 Å². The molecule has 0 bridgehead atoms. The second kappa shape index (κ2) is 13.0. The van der Waals surface area contributed by atoms with E-state index in [4.69, 9.17) is 10.5 Å². The van der Waals surface area contributed by atoms with E-state index in [2.05, 4.69) is 34.9 Å². The van der Waals surface area contributed by atoms with Gasteiger partial charge in [0, 0.05) is 25.8 Å². The Morgan fingerprint density at radius 2 is 1.58 bits per heavy atom. The molecular formula is C29H37N3O5S. The van der Waals surface area contributed by atoms with Gasteiger partial charge in [-0.05, 0) is 47.9 Å². The minimum absolute atomic E-state index is 0. The molecule has 0 saturated heterocycles. The van der Waals surface area contributed by atoms with E-state index in [1.807, 2.05) is 24.3 Å². The first-order valence-corrected chi connectivity index (χ1v) is 13.0. The Kier molecular flexibility index (Phi) is 9.96. The lowest BCUT2D eigenvalue weighted by atomic mass is 9.79. The van der Waals surface area contributed by atoms with E-state index < -0.39 is 23.5 Å². The molecule has 1 saturated carbocycles. The van der Waals surface area contributed by atoms with Gasteiger partial charge in [0.05, 0.1) is 11.5 Å². The summed E-state index contributed by atoms with van der Waals surface area (Å²) in [4.78, 5) is 49.1. The van der Waals surface area contributed by atoms with Crippen LogP contribution < -0.4 is 16.4 Å². The summed E-state index contributed by atoms with van der Waals surface area (Å²) in [5, 5.41) is 5.44. The predicted octanol–water partition coefficient (Wildman–Crippen LogP) is 3.93. The molecule has 9 heteroatoms. The molecule has 4 rings (SSSR count). The number of hydrogen-bond donors (Lipinski definition) is 3. The zero-order valence-electron chi connectivity index (χ0n) is 21.8. The monoisotopic (exact) mass is 539 g/mol. The number of ether oxygens (including phenoxy) is 1. The van der Waals surface area contributed by atoms with E-state index in [0.717, 1.165) is 35.1 Å². The summed E-state index contributed by atoms with van der Waals surface area (Å²) in [5.41, 5.74) is 9.42. The fraction of sp³-hybridized carbons (Fsp3) is 0.448. The summed E-state index contributed by atoms with van der Waals surface area (Å²) in [6.07, 6.45) is 3.25. The Bertz CT molecular complexity index is 1130. The first-order valence-electron chi connectivity index (χ1n) is 13.0. The van der Waals surface area contributed by atoms with Crippen molar-refractivity contribution in [2.75, 3.05) is 13.2 Å². The standard InChI is InChI=1S/C29H35N3O5.H2S/c1-19(33)32-25(26(34)17-29(27(30)35)14-6-7-15-29)13-8-16-31-28(36)37-18-24-22-11-4-2-9-20(22)21-10-3-5-12-23(21)24;/h2-5,9-12,24-25H,6-8,13-18H2,1H3,(H2,30,35)(H,31,36)(H,32,33);1H2/t25-;/m0./s1. The lowest BCUT2D eigenvalue weighted by Crippen LogP contribution is -2.45. The number of Topliss-reactive ketones (excluding diaryl/α,β-unsaturated/α-hetero) is 1. The normalized spacial score (nSPS) is 15.9. The molecule has 204 valence electrons. The highest BCUT2D eigenvalue weighted by Gasteiger charge is 2.42. The van der Waals surface area contributed by atoms with Crippen LogP contribution in [0, 0.1) is 5.41 Å². The van der Waals surface area contributed by atoms with Crippen LogP contribution in [-0.2, 0) is 19.1 Å². The number of ketones is 1. The van der Waals surface area contributed by atoms with E-state index in [1.54, 1.807) is 0 Å². The number of nitrogens with two attached hydrogens (primary N) is 1. The topological polar surface area (TPSA) is 128 Å². The third-order valence-corrected chi connectivity index (χ3v) is 7.64. The van der Waals surface area contributed by atoms with Crippen LogP contribution >= 0.6 is 13.5 Å². The highest BCUT2D eigenvalue weighted by atomic mass is 32.1. The Morgan fingerprint density at radius 3 is 2.13 bits per heavy atom. The van der Waals surface area contributed by atoms with Crippen molar-refractivity contribution in [2.24, 2.45) is 11.1 Å². The van der Waals surface area contributed by atoms with Crippen LogP contribution in [0.4, 0.5) is 4.79 Å². The number of carbonyl (C=O) groups excluding carboxylic acids is 4. The van der Waals surface area contributed by atoms with Gasteiger partial charge in [0.25, 0.3) is 0 Å². The van der Waals surface area contributed by atoms with E-state index in [1.165, 1.54) is 6.92 Å². The van der Waals surface area contributed by atoms with Gasteiger partial charge in [-0.1, -0.05) is 61.4 Å². The molecule has 4 N–H and O–H groups in total. The molecule has 2 aliphatic carbocycles. The Hall–Kier alpha value is -3.33. The van der Waals surface area contributed by atoms with Crippen LogP contribution in [0.5, 0.6) is 0 Å². The Morgan fingerprint density at radius 1 is 1.00 bits per heavy atom. The first-order chi connectivity index (χ1) is 17.8. The average molecular weight is 540 g/mol. The van der Waals surface area contributed by atoms with Gasteiger partial charge in [-0.3, -0.25) is 14.4 Å². The second-order valence-corrected chi connectivity index (χ2v) is 10.1. The van der Waals surface area contributed by atoms with Crippen molar-refractivity contribution in [1.82, 2.24) is 10.6 Å². The van der Waals surface area contributed by atoms with Gasteiger partial charge in [0.2, 0.25) is 11.8 Å². The Labute approximate surface area is 230 Å². The molecule has 2 aromatic carbocycles. The molecule has 2 aliphatic rings. The number of rotatable bonds is 11. The van der Waals surface area contributed by atoms with Crippen molar-refractivity contribution < 1.29 is 23.9 Å². The lowest BCUT2D eigenvalue weighted by Gasteiger charge is -2.27. The minimum atomic E-state index is -0.812. The molecule has 0 aliphatic heterocycles. The highest BCUT2D eigenvalue weighted by Crippen LogP contribution is 2.44. The van der Waals surface area contributed by atoms with Crippen molar-refractivity contribution in [3.05, 3.63) is 59.7 Å². The fourth-order valence-electron chi connectivity index (χ4n) is 5.72. The van der Waals surface area contributed by atoms with Gasteiger partial charge in [-0.25, -0.2) is 4.79 Å². The number of nitrogens with one attached hydrogen (secondary N) is 2. The highest BCUT2D eigenvalue weighted by molar-refractivity contribution is 7.59. The summed E-state index contributed by atoms with van der Waals surface area (Å²) in [7, 11) is 0. The molecule has 1 atom stereocenters. The number of hydrogen-bond acceptors (Lipinski definition) is 5. The molecule has 3 amide bonds. The molecule has 0 radical (unpaired) electrons. The third kappa shape index (κ3) is 6.56. The molecule has 1 fully saturated rings. The van der Waals surface area contributed by atoms with Crippen LogP contribution in [0.15, 0.2) is 48.5 Å². The summed E-state index contributed by atoms with van der Waals surface area (Å²) >= 11 is 0. The molecule has 0 spiro atoms. The maximum absolute atomic E-state index is 13.0.